The van der Waals surface area contributed by atoms with Crippen LogP contribution < -0.4 is 20.4 Å². The van der Waals surface area contributed by atoms with Crippen molar-refractivity contribution in [3.8, 4) is 11.3 Å². The molecule has 5 rings (SSSR count). The molecule has 11 nitrogen and oxygen atoms in total. The van der Waals surface area contributed by atoms with E-state index in [0.717, 1.165) is 44.2 Å². The van der Waals surface area contributed by atoms with Gasteiger partial charge in [0.25, 0.3) is 11.1 Å². The minimum Gasteiger partial charge on any atom is -0.347 e. The van der Waals surface area contributed by atoms with E-state index in [4.69, 9.17) is 0 Å². The number of rotatable bonds is 8. The lowest BCUT2D eigenvalue weighted by molar-refractivity contribution is -0.115. The summed E-state index contributed by atoms with van der Waals surface area (Å²) >= 11 is 0.866. The lowest BCUT2D eigenvalue weighted by Gasteiger charge is -2.32. The number of imide groups is 1. The number of nitrogens with zero attached hydrogens (tertiary/aromatic N) is 7. The van der Waals surface area contributed by atoms with Gasteiger partial charge in [0, 0.05) is 63.9 Å². The van der Waals surface area contributed by atoms with Crippen molar-refractivity contribution in [1.29, 1.82) is 0 Å². The molecule has 2 aliphatic heterocycles. The van der Waals surface area contributed by atoms with Crippen LogP contribution in [0.25, 0.3) is 17.3 Å². The zero-order chi connectivity index (χ0) is 27.4. The maximum absolute atomic E-state index is 14.3. The molecule has 0 radical (unpaired) electrons. The third kappa shape index (κ3) is 6.73. The zero-order valence-corrected chi connectivity index (χ0v) is 22.4. The third-order valence-electron chi connectivity index (χ3n) is 6.40. The van der Waals surface area contributed by atoms with Crippen molar-refractivity contribution in [3.63, 3.8) is 0 Å². The highest BCUT2D eigenvalue weighted by Crippen LogP contribution is 2.26. The summed E-state index contributed by atoms with van der Waals surface area (Å²) < 4.78 is 14.3. The quantitative estimate of drug-likeness (QED) is 0.403. The summed E-state index contributed by atoms with van der Waals surface area (Å²) in [5.41, 5.74) is 2.37. The molecule has 2 fully saturated rings. The summed E-state index contributed by atoms with van der Waals surface area (Å²) in [5, 5.41) is 5.28. The van der Waals surface area contributed by atoms with E-state index in [1.54, 1.807) is 35.6 Å². The maximum Gasteiger partial charge on any atom is 0.290 e. The van der Waals surface area contributed by atoms with Crippen LogP contribution in [0.5, 0.6) is 0 Å². The number of anilines is 2. The second-order valence-electron chi connectivity index (χ2n) is 9.52. The fourth-order valence-corrected chi connectivity index (χ4v) is 5.03. The van der Waals surface area contributed by atoms with Gasteiger partial charge in [0.1, 0.15) is 5.82 Å². The average Bonchev–Trinajstić information content (AvgIpc) is 3.25. The Morgan fingerprint density at radius 2 is 1.92 bits per heavy atom. The van der Waals surface area contributed by atoms with Crippen molar-refractivity contribution in [3.05, 3.63) is 58.9 Å². The number of pyridine rings is 1. The molecule has 2 N–H and O–H groups in total. The van der Waals surface area contributed by atoms with Crippen LogP contribution in [-0.4, -0.2) is 69.8 Å². The summed E-state index contributed by atoms with van der Waals surface area (Å²) in [7, 11) is 3.72. The second kappa shape index (κ2) is 11.8. The summed E-state index contributed by atoms with van der Waals surface area (Å²) in [5.74, 6) is 0.879. The van der Waals surface area contributed by atoms with Gasteiger partial charge < -0.3 is 15.1 Å². The summed E-state index contributed by atoms with van der Waals surface area (Å²) in [6.07, 6.45) is 8.46. The van der Waals surface area contributed by atoms with Gasteiger partial charge in [0.15, 0.2) is 0 Å². The van der Waals surface area contributed by atoms with Gasteiger partial charge in [-0.05, 0) is 55.3 Å². The maximum atomic E-state index is 14.3. The van der Waals surface area contributed by atoms with E-state index in [1.165, 1.54) is 12.1 Å². The van der Waals surface area contributed by atoms with Crippen LogP contribution in [0.2, 0.25) is 0 Å². The van der Waals surface area contributed by atoms with Crippen molar-refractivity contribution >= 4 is 40.9 Å². The number of thioether (sulfide) groups is 1. The van der Waals surface area contributed by atoms with E-state index in [0.29, 0.717) is 51.9 Å². The Kier molecular flexibility index (Phi) is 8.07. The molecule has 13 heteroatoms. The first-order chi connectivity index (χ1) is 18.8. The fraction of sp³-hybridized carbons (Fsp3) is 0.346. The Hall–Kier alpha value is -3.97. The fourth-order valence-electron chi connectivity index (χ4n) is 4.37. The number of carbonyl (C=O) groups excluding carboxylic acids is 2. The number of hydrogen-bond acceptors (Lipinski definition) is 11. The van der Waals surface area contributed by atoms with E-state index in [-0.39, 0.29) is 11.1 Å². The average molecular weight is 550 g/mol. The largest absolute Gasteiger partial charge is 0.347 e. The third-order valence-corrected chi connectivity index (χ3v) is 7.21. The molecule has 0 bridgehead atoms. The molecular weight excluding hydrogens is 521 g/mol. The minimum absolute atomic E-state index is 0.324. The van der Waals surface area contributed by atoms with E-state index >= 15 is 0 Å². The first-order valence-corrected chi connectivity index (χ1v) is 13.4. The number of aromatic nitrogens is 5. The number of nitrogens with one attached hydrogen (secondary N) is 2. The Labute approximate surface area is 229 Å². The molecule has 3 aromatic rings. The minimum atomic E-state index is -0.407. The SMILES string of the molecule is CN(C)c1ncc(-c2cc(F)cc(CNCC3CCN(c4nccc(/C=C5\SC(=O)NC5=O)n4)CC3)n2)cn1. The summed E-state index contributed by atoms with van der Waals surface area (Å²) in [6, 6.07) is 4.54. The number of halogens is 1. The molecule has 0 aliphatic carbocycles. The molecule has 0 aromatic carbocycles. The Morgan fingerprint density at radius 3 is 2.62 bits per heavy atom. The standard InChI is InChI=1S/C26H28FN9O2S/c1-35(2)24-30-13-17(14-31-24)21-10-18(27)9-20(32-21)15-28-12-16-4-7-36(8-5-16)25-29-6-3-19(33-25)11-22-23(37)34-26(38)39-22/h3,6,9-11,13-14,16,28H,4-5,7-8,12,15H2,1-2H3,(H,34,37,38)/b22-11-. The van der Waals surface area contributed by atoms with Gasteiger partial charge in [0.05, 0.1) is 22.0 Å². The molecular formula is C26H28FN9O2S. The molecule has 2 aliphatic rings. The first-order valence-electron chi connectivity index (χ1n) is 12.5. The van der Waals surface area contributed by atoms with Crippen LogP contribution in [-0.2, 0) is 11.3 Å². The van der Waals surface area contributed by atoms with Crippen LogP contribution in [0.4, 0.5) is 21.1 Å². The highest BCUT2D eigenvalue weighted by Gasteiger charge is 2.26. The van der Waals surface area contributed by atoms with E-state index in [1.807, 2.05) is 14.1 Å². The number of carbonyl (C=O) groups is 2. The molecule has 2 saturated heterocycles. The number of amides is 2. The van der Waals surface area contributed by atoms with Gasteiger partial charge in [0.2, 0.25) is 11.9 Å². The van der Waals surface area contributed by atoms with Gasteiger partial charge >= 0.3 is 0 Å². The van der Waals surface area contributed by atoms with Gasteiger partial charge in [-0.15, -0.1) is 0 Å². The normalized spacial score (nSPS) is 17.1. The molecule has 0 atom stereocenters. The van der Waals surface area contributed by atoms with E-state index in [2.05, 4.69) is 40.5 Å². The van der Waals surface area contributed by atoms with Gasteiger partial charge in [-0.3, -0.25) is 19.9 Å². The second-order valence-corrected chi connectivity index (χ2v) is 10.5. The smallest absolute Gasteiger partial charge is 0.290 e. The van der Waals surface area contributed by atoms with Crippen molar-refractivity contribution < 1.29 is 14.0 Å². The number of piperidine rings is 1. The van der Waals surface area contributed by atoms with Crippen molar-refractivity contribution in [2.45, 2.75) is 19.4 Å². The number of hydrogen-bond donors (Lipinski definition) is 2. The van der Waals surface area contributed by atoms with Crippen LogP contribution in [0.15, 0.2) is 41.7 Å². The molecule has 39 heavy (non-hydrogen) atoms. The van der Waals surface area contributed by atoms with Crippen LogP contribution in [0.1, 0.15) is 24.2 Å². The highest BCUT2D eigenvalue weighted by molar-refractivity contribution is 8.18. The predicted octanol–water partition coefficient (Wildman–Crippen LogP) is 2.86. The van der Waals surface area contributed by atoms with Crippen LogP contribution >= 0.6 is 11.8 Å². The summed E-state index contributed by atoms with van der Waals surface area (Å²) in [6.45, 7) is 2.84. The summed E-state index contributed by atoms with van der Waals surface area (Å²) in [4.78, 5) is 49.6. The van der Waals surface area contributed by atoms with E-state index < -0.39 is 5.91 Å². The zero-order valence-electron chi connectivity index (χ0n) is 21.6. The Morgan fingerprint density at radius 1 is 1.15 bits per heavy atom. The van der Waals surface area contributed by atoms with E-state index in [9.17, 15) is 14.0 Å². The predicted molar refractivity (Wildman–Crippen MR) is 147 cm³/mol. The molecule has 5 heterocycles. The highest BCUT2D eigenvalue weighted by atomic mass is 32.2. The van der Waals surface area contributed by atoms with Gasteiger partial charge in [-0.1, -0.05) is 0 Å². The molecule has 3 aromatic heterocycles. The molecule has 0 unspecified atom stereocenters. The lowest BCUT2D eigenvalue weighted by Crippen LogP contribution is -2.38. The van der Waals surface area contributed by atoms with Gasteiger partial charge in [-0.25, -0.2) is 24.3 Å². The molecule has 0 spiro atoms. The monoisotopic (exact) mass is 549 g/mol. The Balaban J connectivity index is 1.13. The van der Waals surface area contributed by atoms with Gasteiger partial charge in [-0.2, -0.15) is 0 Å². The molecule has 0 saturated carbocycles. The molecule has 202 valence electrons. The topological polar surface area (TPSA) is 129 Å². The van der Waals surface area contributed by atoms with Crippen molar-refractivity contribution in [2.24, 2.45) is 5.92 Å². The Bertz CT molecular complexity index is 1390. The van der Waals surface area contributed by atoms with Crippen LogP contribution in [0, 0.1) is 11.7 Å². The van der Waals surface area contributed by atoms with Crippen LogP contribution in [0.3, 0.4) is 0 Å². The van der Waals surface area contributed by atoms with Crippen molar-refractivity contribution in [2.75, 3.05) is 43.5 Å². The lowest BCUT2D eigenvalue weighted by atomic mass is 9.97. The van der Waals surface area contributed by atoms with Crippen molar-refractivity contribution in [1.82, 2.24) is 35.6 Å². The first kappa shape index (κ1) is 26.6. The molecule has 2 amide bonds.